The van der Waals surface area contributed by atoms with Crippen molar-refractivity contribution in [3.8, 4) is 5.75 Å². The number of ether oxygens (including phenoxy) is 1. The van der Waals surface area contributed by atoms with E-state index in [0.717, 1.165) is 42.8 Å². The predicted octanol–water partition coefficient (Wildman–Crippen LogP) is 3.47. The van der Waals surface area contributed by atoms with Gasteiger partial charge in [-0.3, -0.25) is 9.80 Å². The Morgan fingerprint density at radius 3 is 2.26 bits per heavy atom. The fourth-order valence-electron chi connectivity index (χ4n) is 6.46. The second-order valence-electron chi connectivity index (χ2n) is 9.20. The van der Waals surface area contributed by atoms with Gasteiger partial charge in [-0.05, 0) is 69.2 Å². The topological polar surface area (TPSA) is 19.0 Å². The molecule has 2 heterocycles. The van der Waals surface area contributed by atoms with Gasteiger partial charge >= 0.3 is 0 Å². The molecule has 3 unspecified atom stereocenters. The number of methoxy groups -OCH3 is 1. The summed E-state index contributed by atoms with van der Waals surface area (Å²) in [6, 6.07) is 10.2. The normalized spacial score (nSPS) is 32.9. The molecule has 4 aliphatic rings. The van der Waals surface area contributed by atoms with E-state index in [1.54, 1.807) is 7.11 Å². The number of para-hydroxylation sites is 2. The molecule has 0 amide bonds. The average Bonchev–Trinajstić information content (AvgIpc) is 3.38. The molecule has 2 bridgehead atoms. The molecule has 2 saturated carbocycles. The summed E-state index contributed by atoms with van der Waals surface area (Å²) in [6.45, 7) is 7.30. The van der Waals surface area contributed by atoms with Crippen LogP contribution >= 0.6 is 0 Å². The summed E-state index contributed by atoms with van der Waals surface area (Å²) in [5, 5.41) is 0. The van der Waals surface area contributed by atoms with Gasteiger partial charge in [-0.2, -0.15) is 0 Å². The number of hydrogen-bond donors (Lipinski definition) is 0. The Bertz CT molecular complexity index is 634. The summed E-state index contributed by atoms with van der Waals surface area (Å²) < 4.78 is 5.56. The van der Waals surface area contributed by atoms with Gasteiger partial charge in [0.2, 0.25) is 0 Å². The average molecular weight is 370 g/mol. The lowest BCUT2D eigenvalue weighted by Crippen LogP contribution is -2.54. The van der Waals surface area contributed by atoms with Crippen LogP contribution in [-0.2, 0) is 0 Å². The van der Waals surface area contributed by atoms with Gasteiger partial charge in [0.1, 0.15) is 5.75 Å². The second-order valence-corrected chi connectivity index (χ2v) is 9.20. The van der Waals surface area contributed by atoms with Crippen LogP contribution in [0, 0.1) is 11.8 Å². The standard InChI is InChI=1S/C23H35N3O/c1-27-23-5-3-2-4-21(23)26-14-12-24(13-15-26)20-8-10-25(11-9-20)22-17-18-6-7-19(22)16-18/h2-5,18-20,22H,6-17H2,1H3. The Labute approximate surface area is 164 Å². The molecule has 1 aromatic carbocycles. The maximum Gasteiger partial charge on any atom is 0.142 e. The van der Waals surface area contributed by atoms with Crippen molar-refractivity contribution in [1.82, 2.24) is 9.80 Å². The van der Waals surface area contributed by atoms with Crippen LogP contribution in [-0.4, -0.2) is 68.3 Å². The van der Waals surface area contributed by atoms with Crippen molar-refractivity contribution >= 4 is 5.69 Å². The van der Waals surface area contributed by atoms with E-state index in [1.165, 1.54) is 70.4 Å². The second kappa shape index (κ2) is 7.63. The minimum absolute atomic E-state index is 0.805. The lowest BCUT2D eigenvalue weighted by Gasteiger charge is -2.45. The van der Waals surface area contributed by atoms with Gasteiger partial charge in [0, 0.05) is 38.3 Å². The van der Waals surface area contributed by atoms with Crippen molar-refractivity contribution in [2.45, 2.75) is 50.6 Å². The van der Waals surface area contributed by atoms with Crippen LogP contribution in [0.4, 0.5) is 5.69 Å². The molecule has 2 aliphatic heterocycles. The molecule has 0 radical (unpaired) electrons. The highest BCUT2D eigenvalue weighted by atomic mass is 16.5. The molecule has 0 spiro atoms. The van der Waals surface area contributed by atoms with Gasteiger partial charge in [0.05, 0.1) is 12.8 Å². The fourth-order valence-corrected chi connectivity index (χ4v) is 6.46. The molecule has 0 aromatic heterocycles. The van der Waals surface area contributed by atoms with Crippen LogP contribution in [0.2, 0.25) is 0 Å². The SMILES string of the molecule is COc1ccccc1N1CCN(C2CCN(C3CC4CCC3C4)CC2)CC1. The van der Waals surface area contributed by atoms with E-state index in [0.29, 0.717) is 0 Å². The van der Waals surface area contributed by atoms with E-state index in [1.807, 2.05) is 0 Å². The first-order valence-corrected chi connectivity index (χ1v) is 11.2. The molecule has 4 nitrogen and oxygen atoms in total. The lowest BCUT2D eigenvalue weighted by atomic mass is 9.91. The first kappa shape index (κ1) is 17.8. The summed E-state index contributed by atoms with van der Waals surface area (Å²) in [6.07, 6.45) is 8.84. The molecule has 2 aliphatic carbocycles. The highest BCUT2D eigenvalue weighted by Crippen LogP contribution is 2.47. The van der Waals surface area contributed by atoms with Crippen LogP contribution in [0.3, 0.4) is 0 Å². The van der Waals surface area contributed by atoms with Crippen LogP contribution in [0.15, 0.2) is 24.3 Å². The first-order valence-electron chi connectivity index (χ1n) is 11.2. The minimum Gasteiger partial charge on any atom is -0.495 e. The third-order valence-corrected chi connectivity index (χ3v) is 7.93. The summed E-state index contributed by atoms with van der Waals surface area (Å²) in [4.78, 5) is 8.13. The van der Waals surface area contributed by atoms with E-state index in [9.17, 15) is 0 Å². The number of benzene rings is 1. The number of hydrogen-bond acceptors (Lipinski definition) is 4. The summed E-state index contributed by atoms with van der Waals surface area (Å²) in [7, 11) is 1.78. The molecular formula is C23H35N3O. The Balaban J connectivity index is 1.12. The zero-order chi connectivity index (χ0) is 18.2. The lowest BCUT2D eigenvalue weighted by molar-refractivity contribution is 0.0617. The number of rotatable bonds is 4. The van der Waals surface area contributed by atoms with Gasteiger partial charge in [-0.15, -0.1) is 0 Å². The van der Waals surface area contributed by atoms with Crippen LogP contribution in [0.1, 0.15) is 38.5 Å². The van der Waals surface area contributed by atoms with E-state index >= 15 is 0 Å². The number of nitrogens with zero attached hydrogens (tertiary/aromatic N) is 3. The van der Waals surface area contributed by atoms with Crippen molar-refractivity contribution in [3.05, 3.63) is 24.3 Å². The van der Waals surface area contributed by atoms with E-state index in [2.05, 4.69) is 39.0 Å². The molecule has 148 valence electrons. The highest BCUT2D eigenvalue weighted by Gasteiger charge is 2.43. The van der Waals surface area contributed by atoms with Crippen molar-refractivity contribution < 1.29 is 4.74 Å². The molecule has 2 saturated heterocycles. The Hall–Kier alpha value is -1.26. The Morgan fingerprint density at radius 2 is 1.59 bits per heavy atom. The summed E-state index contributed by atoms with van der Waals surface area (Å²) >= 11 is 0. The molecule has 4 fully saturated rings. The van der Waals surface area contributed by atoms with E-state index in [4.69, 9.17) is 4.74 Å². The van der Waals surface area contributed by atoms with Gasteiger partial charge < -0.3 is 9.64 Å². The zero-order valence-corrected chi connectivity index (χ0v) is 16.9. The smallest absolute Gasteiger partial charge is 0.142 e. The number of piperazine rings is 1. The van der Waals surface area contributed by atoms with Gasteiger partial charge in [0.15, 0.2) is 0 Å². The Morgan fingerprint density at radius 1 is 0.815 bits per heavy atom. The number of fused-ring (bicyclic) bond motifs is 2. The zero-order valence-electron chi connectivity index (χ0n) is 16.9. The van der Waals surface area contributed by atoms with Crippen LogP contribution in [0.25, 0.3) is 0 Å². The number of anilines is 1. The van der Waals surface area contributed by atoms with E-state index < -0.39 is 0 Å². The number of piperidine rings is 1. The maximum atomic E-state index is 5.56. The van der Waals surface area contributed by atoms with Gasteiger partial charge in [0.25, 0.3) is 0 Å². The van der Waals surface area contributed by atoms with Crippen LogP contribution in [0.5, 0.6) is 5.75 Å². The third kappa shape index (κ3) is 3.47. The van der Waals surface area contributed by atoms with Crippen molar-refractivity contribution in [1.29, 1.82) is 0 Å². The van der Waals surface area contributed by atoms with Crippen molar-refractivity contribution in [3.63, 3.8) is 0 Å². The van der Waals surface area contributed by atoms with Crippen molar-refractivity contribution in [2.75, 3.05) is 51.3 Å². The quantitative estimate of drug-likeness (QED) is 0.809. The van der Waals surface area contributed by atoms with Gasteiger partial charge in [-0.25, -0.2) is 0 Å². The largest absolute Gasteiger partial charge is 0.495 e. The molecule has 5 rings (SSSR count). The van der Waals surface area contributed by atoms with E-state index in [-0.39, 0.29) is 0 Å². The predicted molar refractivity (Wildman–Crippen MR) is 111 cm³/mol. The molecule has 27 heavy (non-hydrogen) atoms. The van der Waals surface area contributed by atoms with Gasteiger partial charge in [-0.1, -0.05) is 18.6 Å². The Kier molecular flexibility index (Phi) is 5.04. The molecule has 3 atom stereocenters. The highest BCUT2D eigenvalue weighted by molar-refractivity contribution is 5.58. The minimum atomic E-state index is 0.805. The van der Waals surface area contributed by atoms with Crippen LogP contribution < -0.4 is 9.64 Å². The molecular weight excluding hydrogens is 334 g/mol. The number of likely N-dealkylation sites (tertiary alicyclic amines) is 1. The first-order chi connectivity index (χ1) is 13.3. The fraction of sp³-hybridized carbons (Fsp3) is 0.739. The molecule has 1 aromatic rings. The third-order valence-electron chi connectivity index (χ3n) is 7.93. The molecule has 0 N–H and O–H groups in total. The maximum absolute atomic E-state index is 5.56. The van der Waals surface area contributed by atoms with Crippen molar-refractivity contribution in [2.24, 2.45) is 11.8 Å². The monoisotopic (exact) mass is 369 g/mol. The summed E-state index contributed by atoms with van der Waals surface area (Å²) in [5.74, 6) is 3.11. The summed E-state index contributed by atoms with van der Waals surface area (Å²) in [5.41, 5.74) is 1.26. The molecule has 4 heteroatoms.